The third kappa shape index (κ3) is 2.35. The second-order valence-corrected chi connectivity index (χ2v) is 3.73. The van der Waals surface area contributed by atoms with E-state index in [1.807, 2.05) is 0 Å². The number of carbonyl (C=O) groups is 1. The average molecular weight is 323 g/mol. The van der Waals surface area contributed by atoms with Crippen LogP contribution in [0.25, 0.3) is 0 Å². The Balaban J connectivity index is 3.43. The van der Waals surface area contributed by atoms with Crippen molar-refractivity contribution in [3.05, 3.63) is 31.4 Å². The van der Waals surface area contributed by atoms with Crippen molar-refractivity contribution in [2.24, 2.45) is 0 Å². The van der Waals surface area contributed by atoms with Crippen LogP contribution in [0.15, 0.2) is 12.1 Å². The minimum atomic E-state index is -1.20. The van der Waals surface area contributed by atoms with Crippen molar-refractivity contribution in [1.82, 2.24) is 0 Å². The lowest BCUT2D eigenvalue weighted by molar-refractivity contribution is -0.385. The van der Waals surface area contributed by atoms with Crippen molar-refractivity contribution >= 4 is 34.2 Å². The van der Waals surface area contributed by atoms with Crippen LogP contribution in [0, 0.1) is 13.7 Å². The van der Waals surface area contributed by atoms with E-state index in [1.165, 1.54) is 13.2 Å². The summed E-state index contributed by atoms with van der Waals surface area (Å²) < 4.78 is 5.17. The Hall–Kier alpha value is -1.38. The smallest absolute Gasteiger partial charge is 0.337 e. The van der Waals surface area contributed by atoms with Crippen LogP contribution in [0.1, 0.15) is 10.4 Å². The highest BCUT2D eigenvalue weighted by atomic mass is 127. The number of methoxy groups -OCH3 is 1. The van der Waals surface area contributed by atoms with E-state index in [1.54, 1.807) is 22.6 Å². The number of ether oxygens (including phenoxy) is 1. The number of carboxylic acid groups (broad SMARTS) is 1. The lowest BCUT2D eigenvalue weighted by Gasteiger charge is -2.04. The first-order valence-electron chi connectivity index (χ1n) is 3.72. The van der Waals surface area contributed by atoms with Crippen LogP contribution in [-0.4, -0.2) is 23.1 Å². The van der Waals surface area contributed by atoms with Gasteiger partial charge in [0.05, 0.1) is 17.6 Å². The van der Waals surface area contributed by atoms with Crippen LogP contribution in [0.4, 0.5) is 5.69 Å². The number of benzene rings is 1. The molecule has 0 radical (unpaired) electrons. The fourth-order valence-corrected chi connectivity index (χ4v) is 1.68. The summed E-state index contributed by atoms with van der Waals surface area (Å²) in [5.74, 6) is -1.15. The zero-order valence-corrected chi connectivity index (χ0v) is 9.72. The van der Waals surface area contributed by atoms with Gasteiger partial charge in [-0.05, 0) is 22.6 Å². The Morgan fingerprint density at radius 2 is 2.20 bits per heavy atom. The molecule has 1 aromatic carbocycles. The minimum absolute atomic E-state index is 0.0504. The third-order valence-corrected chi connectivity index (χ3v) is 2.59. The fourth-order valence-electron chi connectivity index (χ4n) is 1.01. The fraction of sp³-hybridized carbons (Fsp3) is 0.125. The van der Waals surface area contributed by atoms with Gasteiger partial charge in [-0.3, -0.25) is 10.1 Å². The Kier molecular flexibility index (Phi) is 3.45. The van der Waals surface area contributed by atoms with E-state index < -0.39 is 10.9 Å². The maximum Gasteiger partial charge on any atom is 0.337 e. The summed E-state index contributed by atoms with van der Waals surface area (Å²) in [7, 11) is 1.29. The van der Waals surface area contributed by atoms with Gasteiger partial charge in [0, 0.05) is 15.7 Å². The predicted molar refractivity (Wildman–Crippen MR) is 59.3 cm³/mol. The van der Waals surface area contributed by atoms with Gasteiger partial charge in [-0.25, -0.2) is 4.79 Å². The Bertz CT molecular complexity index is 431. The topological polar surface area (TPSA) is 89.7 Å². The monoisotopic (exact) mass is 323 g/mol. The first-order chi connectivity index (χ1) is 6.97. The summed E-state index contributed by atoms with van der Waals surface area (Å²) in [6, 6.07) is 2.31. The summed E-state index contributed by atoms with van der Waals surface area (Å²) in [5, 5.41) is 19.4. The molecule has 0 aliphatic heterocycles. The predicted octanol–water partition coefficient (Wildman–Crippen LogP) is 1.91. The molecule has 0 fully saturated rings. The molecular formula is C8H6INO5. The van der Waals surface area contributed by atoms with Crippen molar-refractivity contribution in [2.75, 3.05) is 7.11 Å². The molecule has 0 aliphatic carbocycles. The number of aromatic carboxylic acids is 1. The average Bonchev–Trinajstić information content (AvgIpc) is 2.16. The van der Waals surface area contributed by atoms with Crippen molar-refractivity contribution < 1.29 is 19.6 Å². The highest BCUT2D eigenvalue weighted by Crippen LogP contribution is 2.31. The standard InChI is InChI=1S/C8H6INO5/c1-15-7-3-5(9)4(8(11)12)2-6(7)10(13)14/h2-3H,1H3,(H,11,12). The van der Waals surface area contributed by atoms with Gasteiger partial charge in [-0.1, -0.05) is 0 Å². The van der Waals surface area contributed by atoms with Gasteiger partial charge in [0.2, 0.25) is 0 Å². The molecule has 0 unspecified atom stereocenters. The molecule has 7 heteroatoms. The van der Waals surface area contributed by atoms with Gasteiger partial charge in [0.25, 0.3) is 0 Å². The van der Waals surface area contributed by atoms with Crippen LogP contribution in [0.3, 0.4) is 0 Å². The van der Waals surface area contributed by atoms with Crippen LogP contribution in [0.5, 0.6) is 5.75 Å². The second-order valence-electron chi connectivity index (χ2n) is 2.57. The molecule has 0 saturated carbocycles. The molecule has 0 bridgehead atoms. The minimum Gasteiger partial charge on any atom is -0.490 e. The summed E-state index contributed by atoms with van der Waals surface area (Å²) in [4.78, 5) is 20.6. The number of carboxylic acids is 1. The molecule has 0 amide bonds. The number of halogens is 1. The molecule has 80 valence electrons. The van der Waals surface area contributed by atoms with Crippen molar-refractivity contribution in [1.29, 1.82) is 0 Å². The van der Waals surface area contributed by atoms with E-state index in [4.69, 9.17) is 9.84 Å². The molecule has 0 aromatic heterocycles. The molecule has 0 saturated heterocycles. The first kappa shape index (κ1) is 11.7. The summed E-state index contributed by atoms with van der Waals surface area (Å²) >= 11 is 1.78. The molecule has 1 N–H and O–H groups in total. The highest BCUT2D eigenvalue weighted by molar-refractivity contribution is 14.1. The van der Waals surface area contributed by atoms with Crippen LogP contribution >= 0.6 is 22.6 Å². The molecule has 0 spiro atoms. The van der Waals surface area contributed by atoms with E-state index in [0.717, 1.165) is 6.07 Å². The number of rotatable bonds is 3. The number of nitrogens with zero attached hydrogens (tertiary/aromatic N) is 1. The summed E-state index contributed by atoms with van der Waals surface area (Å²) in [6.07, 6.45) is 0. The first-order valence-corrected chi connectivity index (χ1v) is 4.80. The normalized spacial score (nSPS) is 9.73. The zero-order chi connectivity index (χ0) is 11.6. The van der Waals surface area contributed by atoms with E-state index in [0.29, 0.717) is 3.57 Å². The van der Waals surface area contributed by atoms with Gasteiger partial charge < -0.3 is 9.84 Å². The van der Waals surface area contributed by atoms with Gasteiger partial charge in [0.15, 0.2) is 5.75 Å². The molecule has 15 heavy (non-hydrogen) atoms. The molecule has 0 heterocycles. The number of hydrogen-bond acceptors (Lipinski definition) is 4. The van der Waals surface area contributed by atoms with Crippen LogP contribution in [0.2, 0.25) is 0 Å². The summed E-state index contributed by atoms with van der Waals surface area (Å²) in [5.41, 5.74) is -0.460. The zero-order valence-electron chi connectivity index (χ0n) is 7.56. The van der Waals surface area contributed by atoms with Crippen molar-refractivity contribution in [2.45, 2.75) is 0 Å². The van der Waals surface area contributed by atoms with Crippen LogP contribution in [-0.2, 0) is 0 Å². The maximum atomic E-state index is 10.7. The van der Waals surface area contributed by atoms with E-state index in [-0.39, 0.29) is 17.0 Å². The van der Waals surface area contributed by atoms with Gasteiger partial charge in [0.1, 0.15) is 0 Å². The number of hydrogen-bond donors (Lipinski definition) is 1. The number of nitro benzene ring substituents is 1. The van der Waals surface area contributed by atoms with Gasteiger partial charge in [-0.15, -0.1) is 0 Å². The van der Waals surface area contributed by atoms with Gasteiger partial charge >= 0.3 is 11.7 Å². The molecule has 6 nitrogen and oxygen atoms in total. The lowest BCUT2D eigenvalue weighted by Crippen LogP contribution is -2.03. The SMILES string of the molecule is COc1cc(I)c(C(=O)O)cc1[N+](=O)[O-]. The summed E-state index contributed by atoms with van der Waals surface area (Å²) in [6.45, 7) is 0. The third-order valence-electron chi connectivity index (χ3n) is 1.70. The highest BCUT2D eigenvalue weighted by Gasteiger charge is 2.20. The second kappa shape index (κ2) is 4.43. The maximum absolute atomic E-state index is 10.7. The van der Waals surface area contributed by atoms with E-state index in [2.05, 4.69) is 0 Å². The number of nitro groups is 1. The van der Waals surface area contributed by atoms with Gasteiger partial charge in [-0.2, -0.15) is 0 Å². The Labute approximate surface area is 98.1 Å². The lowest BCUT2D eigenvalue weighted by atomic mass is 10.2. The largest absolute Gasteiger partial charge is 0.490 e. The van der Waals surface area contributed by atoms with E-state index >= 15 is 0 Å². The van der Waals surface area contributed by atoms with Crippen LogP contribution < -0.4 is 4.74 Å². The molecule has 0 aliphatic rings. The molecule has 1 aromatic rings. The molecular weight excluding hydrogens is 317 g/mol. The van der Waals surface area contributed by atoms with E-state index in [9.17, 15) is 14.9 Å². The Morgan fingerprint density at radius 3 is 2.60 bits per heavy atom. The van der Waals surface area contributed by atoms with Crippen molar-refractivity contribution in [3.8, 4) is 5.75 Å². The Morgan fingerprint density at radius 1 is 1.60 bits per heavy atom. The molecule has 0 atom stereocenters. The molecule has 1 rings (SSSR count). The van der Waals surface area contributed by atoms with Crippen molar-refractivity contribution in [3.63, 3.8) is 0 Å². The quantitative estimate of drug-likeness (QED) is 0.521.